The number of anilines is 1. The number of benzene rings is 1. The summed E-state index contributed by atoms with van der Waals surface area (Å²) in [6, 6.07) is 5.02. The van der Waals surface area contributed by atoms with E-state index in [4.69, 9.17) is 10.8 Å². The van der Waals surface area contributed by atoms with Gasteiger partial charge in [0.05, 0.1) is 0 Å². The number of carbonyl (C=O) groups is 1. The third-order valence-electron chi connectivity index (χ3n) is 1.93. The van der Waals surface area contributed by atoms with E-state index in [1.165, 1.54) is 18.2 Å². The molecule has 0 saturated heterocycles. The van der Waals surface area contributed by atoms with E-state index in [1.807, 2.05) is 0 Å². The Morgan fingerprint density at radius 1 is 1.60 bits per heavy atom. The molecule has 0 heterocycles. The van der Waals surface area contributed by atoms with Crippen molar-refractivity contribution in [3.8, 4) is 0 Å². The Morgan fingerprint density at radius 2 is 2.33 bits per heavy atom. The summed E-state index contributed by atoms with van der Waals surface area (Å²) in [5.74, 6) is -0.972. The average molecular weight is 212 g/mol. The lowest BCUT2D eigenvalue weighted by molar-refractivity contribution is -0.119. The van der Waals surface area contributed by atoms with Gasteiger partial charge in [-0.15, -0.1) is 0 Å². The number of hydrogen-bond donors (Lipinski definition) is 3. The van der Waals surface area contributed by atoms with Crippen molar-refractivity contribution >= 4 is 11.6 Å². The van der Waals surface area contributed by atoms with Gasteiger partial charge < -0.3 is 16.2 Å². The van der Waals surface area contributed by atoms with Gasteiger partial charge in [-0.1, -0.05) is 6.07 Å². The largest absolute Gasteiger partial charge is 0.396 e. The van der Waals surface area contributed by atoms with Crippen LogP contribution in [0.25, 0.3) is 0 Å². The van der Waals surface area contributed by atoms with E-state index in [2.05, 4.69) is 5.32 Å². The molecule has 0 aliphatic heterocycles. The van der Waals surface area contributed by atoms with Crippen molar-refractivity contribution in [3.05, 3.63) is 30.1 Å². The van der Waals surface area contributed by atoms with Crippen molar-refractivity contribution in [2.45, 2.75) is 12.5 Å². The minimum atomic E-state index is -0.684. The highest BCUT2D eigenvalue weighted by Gasteiger charge is 2.13. The monoisotopic (exact) mass is 212 g/mol. The predicted molar refractivity (Wildman–Crippen MR) is 54.7 cm³/mol. The summed E-state index contributed by atoms with van der Waals surface area (Å²) in [5, 5.41) is 11.4. The van der Waals surface area contributed by atoms with Crippen molar-refractivity contribution in [2.24, 2.45) is 5.73 Å². The summed E-state index contributed by atoms with van der Waals surface area (Å²) in [6.45, 7) is -0.157. The molecule has 0 saturated carbocycles. The molecule has 0 fully saturated rings. The Labute approximate surface area is 86.9 Å². The Hall–Kier alpha value is -1.62. The molecule has 1 amide bonds. The lowest BCUT2D eigenvalue weighted by Gasteiger charge is -2.15. The molecular formula is C10H13FN2O2. The maximum Gasteiger partial charge on any atom is 0.240 e. The summed E-state index contributed by atoms with van der Waals surface area (Å²) in [7, 11) is 0. The Kier molecular flexibility index (Phi) is 4.05. The van der Waals surface area contributed by atoms with Gasteiger partial charge in [-0.2, -0.15) is 0 Å². The van der Waals surface area contributed by atoms with E-state index in [9.17, 15) is 9.18 Å². The second-order valence-electron chi connectivity index (χ2n) is 3.12. The van der Waals surface area contributed by atoms with Crippen LogP contribution < -0.4 is 11.1 Å². The fourth-order valence-electron chi connectivity index (χ4n) is 1.19. The number of carbonyl (C=O) groups excluding carboxylic acids is 1. The zero-order valence-electron chi connectivity index (χ0n) is 8.11. The summed E-state index contributed by atoms with van der Waals surface area (Å²) in [5.41, 5.74) is 5.57. The van der Waals surface area contributed by atoms with Crippen LogP contribution in [0, 0.1) is 5.82 Å². The van der Waals surface area contributed by atoms with E-state index in [0.29, 0.717) is 5.69 Å². The number of nitrogens with two attached hydrogens (primary N) is 1. The molecule has 82 valence electrons. The predicted octanol–water partition coefficient (Wildman–Crippen LogP) is 0.474. The number of aliphatic hydroxyl groups is 1. The lowest BCUT2D eigenvalue weighted by Crippen LogP contribution is -2.36. The van der Waals surface area contributed by atoms with Crippen molar-refractivity contribution in [1.29, 1.82) is 0 Å². The van der Waals surface area contributed by atoms with Gasteiger partial charge >= 0.3 is 0 Å². The van der Waals surface area contributed by atoms with Gasteiger partial charge in [0.25, 0.3) is 0 Å². The van der Waals surface area contributed by atoms with Crippen molar-refractivity contribution < 1.29 is 14.3 Å². The van der Waals surface area contributed by atoms with Crippen molar-refractivity contribution in [1.82, 2.24) is 0 Å². The zero-order chi connectivity index (χ0) is 11.3. The van der Waals surface area contributed by atoms with Crippen molar-refractivity contribution in [2.75, 3.05) is 11.9 Å². The molecule has 0 aliphatic rings. The molecule has 0 bridgehead atoms. The van der Waals surface area contributed by atoms with E-state index in [1.54, 1.807) is 6.07 Å². The van der Waals surface area contributed by atoms with Crippen LogP contribution in [0.2, 0.25) is 0 Å². The molecule has 0 spiro atoms. The lowest BCUT2D eigenvalue weighted by atomic mass is 10.2. The van der Waals surface area contributed by atoms with E-state index in [0.717, 1.165) is 0 Å². The summed E-state index contributed by atoms with van der Waals surface area (Å²) in [6.07, 6.45) is 0.200. The standard InChI is InChI=1S/C10H13FN2O2/c11-7-2-1-3-8(6-7)13-9(4-5-14)10(12)15/h1-3,6,9,13-14H,4-5H2,(H2,12,15)/t9-/m1/s1. The molecule has 4 N–H and O–H groups in total. The Balaban J connectivity index is 2.69. The fourth-order valence-corrected chi connectivity index (χ4v) is 1.19. The first-order valence-electron chi connectivity index (χ1n) is 4.55. The number of rotatable bonds is 5. The molecule has 4 nitrogen and oxygen atoms in total. The van der Waals surface area contributed by atoms with Gasteiger partial charge in [0.15, 0.2) is 0 Å². The zero-order valence-corrected chi connectivity index (χ0v) is 8.11. The molecule has 0 aromatic heterocycles. The second-order valence-corrected chi connectivity index (χ2v) is 3.12. The molecule has 1 aromatic rings. The van der Waals surface area contributed by atoms with Gasteiger partial charge in [-0.05, 0) is 24.6 Å². The van der Waals surface area contributed by atoms with Gasteiger partial charge in [-0.3, -0.25) is 4.79 Å². The number of aliphatic hydroxyl groups excluding tert-OH is 1. The van der Waals surface area contributed by atoms with Crippen LogP contribution in [0.4, 0.5) is 10.1 Å². The summed E-state index contributed by atoms with van der Waals surface area (Å²) < 4.78 is 12.8. The minimum Gasteiger partial charge on any atom is -0.396 e. The van der Waals surface area contributed by atoms with Gasteiger partial charge in [0, 0.05) is 12.3 Å². The molecule has 1 aromatic carbocycles. The van der Waals surface area contributed by atoms with E-state index >= 15 is 0 Å². The third kappa shape index (κ3) is 3.55. The Morgan fingerprint density at radius 3 is 2.87 bits per heavy atom. The normalized spacial score (nSPS) is 12.1. The summed E-state index contributed by atoms with van der Waals surface area (Å²) >= 11 is 0. The number of amides is 1. The second kappa shape index (κ2) is 5.31. The Bertz CT molecular complexity index is 344. The van der Waals surface area contributed by atoms with Crippen molar-refractivity contribution in [3.63, 3.8) is 0 Å². The van der Waals surface area contributed by atoms with Crippen LogP contribution >= 0.6 is 0 Å². The van der Waals surface area contributed by atoms with Crippen LogP contribution in [-0.2, 0) is 4.79 Å². The van der Waals surface area contributed by atoms with E-state index < -0.39 is 17.8 Å². The first kappa shape index (κ1) is 11.5. The highest BCUT2D eigenvalue weighted by Crippen LogP contribution is 2.11. The number of hydrogen-bond acceptors (Lipinski definition) is 3. The van der Waals surface area contributed by atoms with Crippen LogP contribution in [0.5, 0.6) is 0 Å². The fraction of sp³-hybridized carbons (Fsp3) is 0.300. The molecule has 1 rings (SSSR count). The molecule has 15 heavy (non-hydrogen) atoms. The molecular weight excluding hydrogens is 199 g/mol. The molecule has 1 atom stereocenters. The average Bonchev–Trinajstić information content (AvgIpc) is 2.17. The number of halogens is 1. The maximum atomic E-state index is 12.8. The first-order chi connectivity index (χ1) is 7.13. The number of primary amides is 1. The maximum absolute atomic E-state index is 12.8. The summed E-state index contributed by atoms with van der Waals surface area (Å²) in [4.78, 5) is 10.9. The van der Waals surface area contributed by atoms with Gasteiger partial charge in [0.2, 0.25) is 5.91 Å². The highest BCUT2D eigenvalue weighted by molar-refractivity contribution is 5.82. The molecule has 5 heteroatoms. The van der Waals surface area contributed by atoms with Gasteiger partial charge in [0.1, 0.15) is 11.9 Å². The minimum absolute atomic E-state index is 0.157. The van der Waals surface area contributed by atoms with Crippen LogP contribution in [0.3, 0.4) is 0 Å². The quantitative estimate of drug-likeness (QED) is 0.664. The van der Waals surface area contributed by atoms with Gasteiger partial charge in [-0.25, -0.2) is 4.39 Å². The SMILES string of the molecule is NC(=O)[C@@H](CCO)Nc1cccc(F)c1. The molecule has 0 radical (unpaired) electrons. The van der Waals surface area contributed by atoms with E-state index in [-0.39, 0.29) is 13.0 Å². The highest BCUT2D eigenvalue weighted by atomic mass is 19.1. The molecule has 0 unspecified atom stereocenters. The molecule has 0 aliphatic carbocycles. The number of nitrogens with one attached hydrogen (secondary N) is 1. The first-order valence-corrected chi connectivity index (χ1v) is 4.55. The van der Waals surface area contributed by atoms with Crippen LogP contribution in [0.15, 0.2) is 24.3 Å². The smallest absolute Gasteiger partial charge is 0.240 e. The van der Waals surface area contributed by atoms with Crippen LogP contribution in [-0.4, -0.2) is 23.7 Å². The topological polar surface area (TPSA) is 75.4 Å². The third-order valence-corrected chi connectivity index (χ3v) is 1.93. The van der Waals surface area contributed by atoms with Crippen LogP contribution in [0.1, 0.15) is 6.42 Å².